The molecule has 1 aliphatic heterocycles. The van der Waals surface area contributed by atoms with Gasteiger partial charge >= 0.3 is 12.2 Å². The first-order valence-corrected chi connectivity index (χ1v) is 7.14. The molecular weight excluding hydrogens is 330 g/mol. The third kappa shape index (κ3) is 3.47. The number of alkyl halides is 3. The van der Waals surface area contributed by atoms with Crippen molar-refractivity contribution in [3.63, 3.8) is 0 Å². The van der Waals surface area contributed by atoms with Gasteiger partial charge in [0.15, 0.2) is 0 Å². The Balaban J connectivity index is 1.68. The highest BCUT2D eigenvalue weighted by molar-refractivity contribution is 5.90. The van der Waals surface area contributed by atoms with Crippen LogP contribution in [0.5, 0.6) is 0 Å². The number of carbonyl (C=O) groups excluding carboxylic acids is 1. The first-order chi connectivity index (χ1) is 11.3. The van der Waals surface area contributed by atoms with Crippen LogP contribution < -0.4 is 10.6 Å². The van der Waals surface area contributed by atoms with Gasteiger partial charge in [0, 0.05) is 6.42 Å². The second-order valence-electron chi connectivity index (χ2n) is 5.38. The molecule has 2 N–H and O–H groups in total. The summed E-state index contributed by atoms with van der Waals surface area (Å²) in [5, 5.41) is 8.72. The molecule has 0 radical (unpaired) electrons. The number of halogens is 4. The van der Waals surface area contributed by atoms with Gasteiger partial charge in [-0.2, -0.15) is 18.3 Å². The highest BCUT2D eigenvalue weighted by Crippen LogP contribution is 2.35. The number of fused-ring (bicyclic) bond motifs is 1. The van der Waals surface area contributed by atoms with Crippen LogP contribution in [0.15, 0.2) is 24.5 Å². The molecule has 24 heavy (non-hydrogen) atoms. The average Bonchev–Trinajstić information content (AvgIpc) is 2.95. The van der Waals surface area contributed by atoms with E-state index in [0.29, 0.717) is 25.5 Å². The molecule has 1 atom stereocenters. The maximum absolute atomic E-state index is 13.1. The molecule has 2 heterocycles. The maximum atomic E-state index is 13.1. The zero-order valence-corrected chi connectivity index (χ0v) is 12.3. The fourth-order valence-corrected chi connectivity index (χ4v) is 2.56. The molecule has 1 aliphatic rings. The smallest absolute Gasteiger partial charge is 0.333 e. The van der Waals surface area contributed by atoms with Crippen molar-refractivity contribution >= 4 is 11.7 Å². The molecule has 0 saturated carbocycles. The number of urea groups is 1. The number of amides is 2. The van der Waals surface area contributed by atoms with Gasteiger partial charge in [-0.15, -0.1) is 0 Å². The van der Waals surface area contributed by atoms with Crippen molar-refractivity contribution in [3.05, 3.63) is 41.7 Å². The van der Waals surface area contributed by atoms with Crippen LogP contribution in [-0.4, -0.2) is 26.8 Å². The lowest BCUT2D eigenvalue weighted by Gasteiger charge is -2.24. The number of carbonyl (C=O) groups is 1. The summed E-state index contributed by atoms with van der Waals surface area (Å²) in [7, 11) is 0. The number of aryl methyl sites for hydroxylation is 1. The quantitative estimate of drug-likeness (QED) is 0.824. The Kier molecular flexibility index (Phi) is 4.12. The molecule has 0 fully saturated rings. The summed E-state index contributed by atoms with van der Waals surface area (Å²) in [5.41, 5.74) is -1.74. The zero-order valence-electron chi connectivity index (χ0n) is 12.3. The summed E-state index contributed by atoms with van der Waals surface area (Å²) in [6.07, 6.45) is -2.16. The minimum absolute atomic E-state index is 0.283. The minimum atomic E-state index is -4.77. The molecule has 0 bridgehead atoms. The van der Waals surface area contributed by atoms with Crippen LogP contribution in [0.1, 0.15) is 17.8 Å². The SMILES string of the molecule is O=C(Nc1ccc(F)cc1C(F)(F)F)N[C@@H]1CCc2ncnn2C1. The fourth-order valence-electron chi connectivity index (χ4n) is 2.56. The normalized spacial score (nSPS) is 17.2. The van der Waals surface area contributed by atoms with Crippen LogP contribution in [0.2, 0.25) is 0 Å². The molecule has 0 saturated heterocycles. The van der Waals surface area contributed by atoms with E-state index >= 15 is 0 Å². The molecule has 2 aromatic rings. The topological polar surface area (TPSA) is 71.8 Å². The van der Waals surface area contributed by atoms with E-state index in [0.717, 1.165) is 18.0 Å². The third-order valence-corrected chi connectivity index (χ3v) is 3.68. The lowest BCUT2D eigenvalue weighted by molar-refractivity contribution is -0.137. The van der Waals surface area contributed by atoms with Crippen LogP contribution in [0.4, 0.5) is 28.0 Å². The van der Waals surface area contributed by atoms with E-state index < -0.39 is 29.3 Å². The summed E-state index contributed by atoms with van der Waals surface area (Å²) >= 11 is 0. The van der Waals surface area contributed by atoms with E-state index in [2.05, 4.69) is 20.7 Å². The first kappa shape index (κ1) is 16.2. The molecular formula is C14H13F4N5O. The van der Waals surface area contributed by atoms with Crippen molar-refractivity contribution in [3.8, 4) is 0 Å². The van der Waals surface area contributed by atoms with Gasteiger partial charge in [0.1, 0.15) is 18.0 Å². The highest BCUT2D eigenvalue weighted by atomic mass is 19.4. The van der Waals surface area contributed by atoms with Crippen LogP contribution >= 0.6 is 0 Å². The highest BCUT2D eigenvalue weighted by Gasteiger charge is 2.34. The average molecular weight is 343 g/mol. The minimum Gasteiger partial charge on any atom is -0.333 e. The number of nitrogens with zero attached hydrogens (tertiary/aromatic N) is 3. The van der Waals surface area contributed by atoms with Gasteiger partial charge in [0.05, 0.1) is 23.8 Å². The summed E-state index contributed by atoms with van der Waals surface area (Å²) < 4.78 is 53.4. The fraction of sp³-hybridized carbons (Fsp3) is 0.357. The van der Waals surface area contributed by atoms with Gasteiger partial charge in [0.2, 0.25) is 0 Å². The predicted octanol–water partition coefficient (Wildman–Crippen LogP) is 2.57. The lowest BCUT2D eigenvalue weighted by atomic mass is 10.1. The first-order valence-electron chi connectivity index (χ1n) is 7.14. The van der Waals surface area contributed by atoms with Crippen LogP contribution in [0.3, 0.4) is 0 Å². The lowest BCUT2D eigenvalue weighted by Crippen LogP contribution is -2.43. The van der Waals surface area contributed by atoms with Gasteiger partial charge in [-0.05, 0) is 24.6 Å². The molecule has 3 rings (SSSR count). The van der Waals surface area contributed by atoms with Crippen molar-refractivity contribution in [2.75, 3.05) is 5.32 Å². The van der Waals surface area contributed by atoms with E-state index in [1.165, 1.54) is 6.33 Å². The third-order valence-electron chi connectivity index (χ3n) is 3.68. The molecule has 6 nitrogen and oxygen atoms in total. The van der Waals surface area contributed by atoms with E-state index in [4.69, 9.17) is 0 Å². The zero-order chi connectivity index (χ0) is 17.3. The van der Waals surface area contributed by atoms with Gasteiger partial charge in [-0.1, -0.05) is 0 Å². The van der Waals surface area contributed by atoms with Gasteiger partial charge in [-0.3, -0.25) is 0 Å². The summed E-state index contributed by atoms with van der Waals surface area (Å²) in [6.45, 7) is 0.387. The van der Waals surface area contributed by atoms with Crippen molar-refractivity contribution in [1.82, 2.24) is 20.1 Å². The van der Waals surface area contributed by atoms with Crippen molar-refractivity contribution in [2.45, 2.75) is 31.6 Å². The van der Waals surface area contributed by atoms with Crippen molar-refractivity contribution in [2.24, 2.45) is 0 Å². The Morgan fingerprint density at radius 1 is 1.33 bits per heavy atom. The van der Waals surface area contributed by atoms with Gasteiger partial charge in [-0.25, -0.2) is 18.9 Å². The van der Waals surface area contributed by atoms with Crippen molar-refractivity contribution < 1.29 is 22.4 Å². The van der Waals surface area contributed by atoms with E-state index in [1.54, 1.807) is 4.68 Å². The number of hydrogen-bond acceptors (Lipinski definition) is 3. The molecule has 1 aromatic carbocycles. The van der Waals surface area contributed by atoms with Gasteiger partial charge < -0.3 is 10.6 Å². The Labute approximate surface area is 133 Å². The van der Waals surface area contributed by atoms with Crippen LogP contribution in [0, 0.1) is 5.82 Å². The number of nitrogens with one attached hydrogen (secondary N) is 2. The van der Waals surface area contributed by atoms with Crippen molar-refractivity contribution in [1.29, 1.82) is 0 Å². The number of anilines is 1. The second kappa shape index (κ2) is 6.10. The molecule has 0 spiro atoms. The van der Waals surface area contributed by atoms with Gasteiger partial charge in [0.25, 0.3) is 0 Å². The largest absolute Gasteiger partial charge is 0.418 e. The second-order valence-corrected chi connectivity index (χ2v) is 5.38. The Hall–Kier alpha value is -2.65. The van der Waals surface area contributed by atoms with E-state index in [1.807, 2.05) is 0 Å². The molecule has 128 valence electrons. The Morgan fingerprint density at radius 3 is 2.88 bits per heavy atom. The standard InChI is InChI=1S/C14H13F4N5O/c15-8-1-3-11(10(5-8)14(16,17)18)22-13(24)21-9-2-4-12-19-7-20-23(12)6-9/h1,3,5,7,9H,2,4,6H2,(H2,21,22,24)/t9-/m1/s1. The van der Waals surface area contributed by atoms with E-state index in [-0.39, 0.29) is 6.04 Å². The van der Waals surface area contributed by atoms with E-state index in [9.17, 15) is 22.4 Å². The monoisotopic (exact) mass is 343 g/mol. The predicted molar refractivity (Wildman–Crippen MR) is 75.7 cm³/mol. The molecule has 1 aromatic heterocycles. The Morgan fingerprint density at radius 2 is 2.12 bits per heavy atom. The Bertz CT molecular complexity index is 758. The number of aromatic nitrogens is 3. The molecule has 0 aliphatic carbocycles. The molecule has 2 amide bonds. The maximum Gasteiger partial charge on any atom is 0.418 e. The van der Waals surface area contributed by atoms with Crippen LogP contribution in [0.25, 0.3) is 0 Å². The molecule has 0 unspecified atom stereocenters. The number of rotatable bonds is 2. The summed E-state index contributed by atoms with van der Waals surface area (Å²) in [4.78, 5) is 16.0. The molecule has 10 heteroatoms. The number of benzene rings is 1. The summed E-state index contributed by atoms with van der Waals surface area (Å²) in [6, 6.07) is 1.01. The summed E-state index contributed by atoms with van der Waals surface area (Å²) in [5.74, 6) is -0.231. The van der Waals surface area contributed by atoms with Crippen LogP contribution in [-0.2, 0) is 19.1 Å². The number of hydrogen-bond donors (Lipinski definition) is 2.